The van der Waals surface area contributed by atoms with Crippen molar-refractivity contribution in [2.75, 3.05) is 0 Å². The van der Waals surface area contributed by atoms with Gasteiger partial charge in [0.15, 0.2) is 0 Å². The first kappa shape index (κ1) is 13.6. The van der Waals surface area contributed by atoms with E-state index in [0.29, 0.717) is 12.8 Å². The smallest absolute Gasteiger partial charge is 0.111 e. The third kappa shape index (κ3) is 2.19. The number of hydrogen-bond donors (Lipinski definition) is 1. The Hall–Kier alpha value is -0.870. The predicted octanol–water partition coefficient (Wildman–Crippen LogP) is 2.15. The van der Waals surface area contributed by atoms with Gasteiger partial charge in [0.25, 0.3) is 0 Å². The van der Waals surface area contributed by atoms with Crippen LogP contribution in [0.25, 0.3) is 0 Å². The van der Waals surface area contributed by atoms with Crippen molar-refractivity contribution in [1.82, 2.24) is 9.55 Å². The molecule has 0 aromatic carbocycles. The van der Waals surface area contributed by atoms with Crippen LogP contribution in [0, 0.1) is 0 Å². The molecule has 1 saturated heterocycles. The van der Waals surface area contributed by atoms with Gasteiger partial charge in [-0.05, 0) is 34.6 Å². The molecule has 4 nitrogen and oxygen atoms in total. The second kappa shape index (κ2) is 4.07. The highest BCUT2D eigenvalue weighted by molar-refractivity contribution is 5.11. The minimum Gasteiger partial charge on any atom is -0.386 e. The van der Waals surface area contributed by atoms with Crippen LogP contribution in [0.15, 0.2) is 12.4 Å². The molecule has 0 spiro atoms. The molecule has 4 heteroatoms. The number of rotatable bonds is 3. The molecule has 0 bridgehead atoms. The van der Waals surface area contributed by atoms with Gasteiger partial charge >= 0.3 is 0 Å². The van der Waals surface area contributed by atoms with Crippen LogP contribution in [0.1, 0.15) is 46.9 Å². The van der Waals surface area contributed by atoms with Crippen molar-refractivity contribution in [3.63, 3.8) is 0 Å². The number of hydrogen-bond acceptors (Lipinski definition) is 3. The molecule has 1 fully saturated rings. The van der Waals surface area contributed by atoms with Crippen molar-refractivity contribution in [3.8, 4) is 0 Å². The van der Waals surface area contributed by atoms with E-state index in [0.717, 1.165) is 12.4 Å². The molecule has 1 unspecified atom stereocenters. The Balaban J connectivity index is 2.27. The van der Waals surface area contributed by atoms with Gasteiger partial charge in [0, 0.05) is 31.8 Å². The molecule has 2 heterocycles. The molecule has 102 valence electrons. The van der Waals surface area contributed by atoms with E-state index in [2.05, 4.69) is 16.5 Å². The number of aliphatic hydroxyl groups is 1. The Morgan fingerprint density at radius 3 is 2.56 bits per heavy atom. The molecule has 1 aliphatic heterocycles. The summed E-state index contributed by atoms with van der Waals surface area (Å²) in [7, 11) is 0. The van der Waals surface area contributed by atoms with Gasteiger partial charge < -0.3 is 14.4 Å². The van der Waals surface area contributed by atoms with E-state index >= 15 is 0 Å². The van der Waals surface area contributed by atoms with Crippen molar-refractivity contribution in [2.45, 2.75) is 70.8 Å². The summed E-state index contributed by atoms with van der Waals surface area (Å²) in [6.45, 7) is 10.9. The van der Waals surface area contributed by atoms with Crippen LogP contribution < -0.4 is 0 Å². The standard InChI is InChI=1S/C14H24N2O2/c1-6-16-8-7-15-11(16)9-14(17)10-12(2,3)18-13(14,4)5/h7-8,17H,6,9-10H2,1-5H3. The van der Waals surface area contributed by atoms with Gasteiger partial charge in [0.2, 0.25) is 0 Å². The molecule has 1 atom stereocenters. The maximum absolute atomic E-state index is 11.0. The van der Waals surface area contributed by atoms with Gasteiger partial charge in [-0.3, -0.25) is 0 Å². The lowest BCUT2D eigenvalue weighted by molar-refractivity contribution is -0.126. The van der Waals surface area contributed by atoms with Crippen LogP contribution in [-0.4, -0.2) is 31.5 Å². The fourth-order valence-electron chi connectivity index (χ4n) is 3.07. The van der Waals surface area contributed by atoms with Gasteiger partial charge in [0.1, 0.15) is 11.4 Å². The summed E-state index contributed by atoms with van der Waals surface area (Å²) < 4.78 is 8.06. The molecule has 2 rings (SSSR count). The summed E-state index contributed by atoms with van der Waals surface area (Å²) in [5.41, 5.74) is -1.71. The molecular weight excluding hydrogens is 228 g/mol. The Bertz CT molecular complexity index is 437. The van der Waals surface area contributed by atoms with Crippen molar-refractivity contribution in [1.29, 1.82) is 0 Å². The van der Waals surface area contributed by atoms with E-state index in [-0.39, 0.29) is 5.60 Å². The van der Waals surface area contributed by atoms with Crippen LogP contribution in [0.3, 0.4) is 0 Å². The summed E-state index contributed by atoms with van der Waals surface area (Å²) in [4.78, 5) is 4.36. The average Bonchev–Trinajstić information content (AvgIpc) is 2.67. The molecule has 18 heavy (non-hydrogen) atoms. The molecule has 1 aromatic heterocycles. The topological polar surface area (TPSA) is 47.3 Å². The first-order valence-corrected chi connectivity index (χ1v) is 6.62. The molecule has 0 amide bonds. The third-order valence-corrected chi connectivity index (χ3v) is 3.96. The normalized spacial score (nSPS) is 29.7. The Morgan fingerprint density at radius 1 is 1.39 bits per heavy atom. The van der Waals surface area contributed by atoms with Gasteiger partial charge in [-0.2, -0.15) is 0 Å². The molecule has 0 aliphatic carbocycles. The Kier molecular flexibility index (Phi) is 3.06. The van der Waals surface area contributed by atoms with Gasteiger partial charge in [-0.15, -0.1) is 0 Å². The minimum atomic E-state index is -0.866. The fourth-order valence-corrected chi connectivity index (χ4v) is 3.07. The van der Waals surface area contributed by atoms with Gasteiger partial charge in [-0.25, -0.2) is 4.98 Å². The predicted molar refractivity (Wildman–Crippen MR) is 70.4 cm³/mol. The summed E-state index contributed by atoms with van der Waals surface area (Å²) in [6.07, 6.45) is 4.90. The van der Waals surface area contributed by atoms with Crippen molar-refractivity contribution >= 4 is 0 Å². The lowest BCUT2D eigenvalue weighted by atomic mass is 9.80. The fraction of sp³-hybridized carbons (Fsp3) is 0.786. The second-order valence-corrected chi connectivity index (χ2v) is 6.39. The van der Waals surface area contributed by atoms with Crippen molar-refractivity contribution in [3.05, 3.63) is 18.2 Å². The van der Waals surface area contributed by atoms with Gasteiger partial charge in [-0.1, -0.05) is 0 Å². The lowest BCUT2D eigenvalue weighted by Gasteiger charge is -2.34. The molecule has 1 N–H and O–H groups in total. The number of imidazole rings is 1. The summed E-state index contributed by atoms with van der Waals surface area (Å²) >= 11 is 0. The molecular formula is C14H24N2O2. The van der Waals surface area contributed by atoms with E-state index in [9.17, 15) is 5.11 Å². The zero-order valence-electron chi connectivity index (χ0n) is 12.0. The molecule has 0 saturated carbocycles. The number of aromatic nitrogens is 2. The van der Waals surface area contributed by atoms with E-state index in [1.54, 1.807) is 6.20 Å². The van der Waals surface area contributed by atoms with Crippen LogP contribution in [0.4, 0.5) is 0 Å². The van der Waals surface area contributed by atoms with Crippen LogP contribution in [0.2, 0.25) is 0 Å². The Labute approximate surface area is 109 Å². The van der Waals surface area contributed by atoms with E-state index in [1.165, 1.54) is 0 Å². The zero-order valence-corrected chi connectivity index (χ0v) is 12.0. The molecule has 1 aromatic rings. The zero-order chi connectivity index (χ0) is 13.6. The monoisotopic (exact) mass is 252 g/mol. The maximum atomic E-state index is 11.0. The molecule has 0 radical (unpaired) electrons. The third-order valence-electron chi connectivity index (χ3n) is 3.96. The van der Waals surface area contributed by atoms with Crippen LogP contribution in [-0.2, 0) is 17.7 Å². The summed E-state index contributed by atoms with van der Waals surface area (Å²) in [6, 6.07) is 0. The SMILES string of the molecule is CCn1ccnc1CC1(O)CC(C)(C)OC1(C)C. The average molecular weight is 252 g/mol. The van der Waals surface area contributed by atoms with Gasteiger partial charge in [0.05, 0.1) is 11.2 Å². The largest absolute Gasteiger partial charge is 0.386 e. The van der Waals surface area contributed by atoms with Crippen molar-refractivity contribution < 1.29 is 9.84 Å². The number of nitrogens with zero attached hydrogens (tertiary/aromatic N) is 2. The number of ether oxygens (including phenoxy) is 1. The summed E-state index contributed by atoms with van der Waals surface area (Å²) in [5, 5.41) is 11.0. The van der Waals surface area contributed by atoms with E-state index in [1.807, 2.05) is 33.9 Å². The van der Waals surface area contributed by atoms with Crippen LogP contribution in [0.5, 0.6) is 0 Å². The Morgan fingerprint density at radius 2 is 2.06 bits per heavy atom. The molecule has 1 aliphatic rings. The first-order valence-electron chi connectivity index (χ1n) is 6.62. The van der Waals surface area contributed by atoms with E-state index in [4.69, 9.17) is 4.74 Å². The highest BCUT2D eigenvalue weighted by Crippen LogP contribution is 2.46. The lowest BCUT2D eigenvalue weighted by Crippen LogP contribution is -2.48. The number of aryl methyl sites for hydroxylation is 1. The highest BCUT2D eigenvalue weighted by atomic mass is 16.5. The van der Waals surface area contributed by atoms with E-state index < -0.39 is 11.2 Å². The van der Waals surface area contributed by atoms with Crippen molar-refractivity contribution in [2.24, 2.45) is 0 Å². The summed E-state index contributed by atoms with van der Waals surface area (Å²) in [5.74, 6) is 0.925. The minimum absolute atomic E-state index is 0.290. The second-order valence-electron chi connectivity index (χ2n) is 6.39. The first-order chi connectivity index (χ1) is 8.19. The highest BCUT2D eigenvalue weighted by Gasteiger charge is 2.56. The maximum Gasteiger partial charge on any atom is 0.111 e. The quantitative estimate of drug-likeness (QED) is 0.896. The van der Waals surface area contributed by atoms with Crippen LogP contribution >= 0.6 is 0 Å².